The van der Waals surface area contributed by atoms with E-state index in [-0.39, 0.29) is 17.3 Å². The van der Waals surface area contributed by atoms with Crippen LogP contribution in [0.5, 0.6) is 5.75 Å². The number of hydrogen-bond acceptors (Lipinski definition) is 7. The Morgan fingerprint density at radius 1 is 1.00 bits per heavy atom. The van der Waals surface area contributed by atoms with Gasteiger partial charge in [-0.3, -0.25) is 9.69 Å². The molecule has 2 heterocycles. The minimum atomic E-state index is -5.08. The smallest absolute Gasteiger partial charge is 0.490 e. The summed E-state index contributed by atoms with van der Waals surface area (Å²) in [5.41, 5.74) is 3.97. The van der Waals surface area contributed by atoms with Crippen molar-refractivity contribution < 1.29 is 45.4 Å². The monoisotopic (exact) mass is 667 g/mol. The van der Waals surface area contributed by atoms with Crippen molar-refractivity contribution in [2.24, 2.45) is 0 Å². The SMILES string of the molecule is CCN(Cc1ccc(CN2CCCC2)cc1)C(=O)c1coc(CN(C)S(=O)(=O)c2c(C)cc(OC)cc2C)c1.O=C(O)C(F)(F)F. The first kappa shape index (κ1) is 36.6. The van der Waals surface area contributed by atoms with Gasteiger partial charge in [-0.05, 0) is 87.2 Å². The number of likely N-dealkylation sites (tertiary alicyclic amines) is 1. The van der Waals surface area contributed by atoms with Crippen LogP contribution in [0.15, 0.2) is 58.0 Å². The summed E-state index contributed by atoms with van der Waals surface area (Å²) in [6.07, 6.45) is -1.13. The summed E-state index contributed by atoms with van der Waals surface area (Å²) >= 11 is 0. The molecule has 1 aromatic heterocycles. The number of carbonyl (C=O) groups is 2. The number of ether oxygens (including phenoxy) is 1. The van der Waals surface area contributed by atoms with E-state index < -0.39 is 22.2 Å². The van der Waals surface area contributed by atoms with Gasteiger partial charge in [0.15, 0.2) is 0 Å². The number of methoxy groups -OCH3 is 1. The Balaban J connectivity index is 0.000000738. The topological polar surface area (TPSA) is 121 Å². The van der Waals surface area contributed by atoms with Crippen molar-refractivity contribution in [3.63, 3.8) is 0 Å². The fourth-order valence-electron chi connectivity index (χ4n) is 5.15. The van der Waals surface area contributed by atoms with E-state index in [9.17, 15) is 26.4 Å². The molecular formula is C32H40F3N3O7S. The second-order valence-corrected chi connectivity index (χ2v) is 13.1. The van der Waals surface area contributed by atoms with E-state index in [4.69, 9.17) is 19.1 Å². The summed E-state index contributed by atoms with van der Waals surface area (Å²) in [6, 6.07) is 13.5. The number of sulfonamides is 1. The highest BCUT2D eigenvalue weighted by Gasteiger charge is 2.38. The highest BCUT2D eigenvalue weighted by molar-refractivity contribution is 7.89. The number of benzene rings is 2. The zero-order valence-corrected chi connectivity index (χ0v) is 27.4. The summed E-state index contributed by atoms with van der Waals surface area (Å²) in [6.45, 7) is 9.77. The van der Waals surface area contributed by atoms with Crippen LogP contribution in [-0.4, -0.2) is 79.5 Å². The normalized spacial score (nSPS) is 13.8. The van der Waals surface area contributed by atoms with E-state index in [1.54, 1.807) is 44.1 Å². The van der Waals surface area contributed by atoms with Gasteiger partial charge < -0.3 is 19.2 Å². The number of alkyl halides is 3. The van der Waals surface area contributed by atoms with Crippen molar-refractivity contribution in [1.82, 2.24) is 14.1 Å². The summed E-state index contributed by atoms with van der Waals surface area (Å²) < 4.78 is 70.6. The van der Waals surface area contributed by atoms with Crippen LogP contribution in [0.4, 0.5) is 13.2 Å². The molecule has 10 nitrogen and oxygen atoms in total. The van der Waals surface area contributed by atoms with Gasteiger partial charge in [-0.2, -0.15) is 17.5 Å². The zero-order chi connectivity index (χ0) is 34.2. The quantitative estimate of drug-likeness (QED) is 0.280. The molecule has 0 radical (unpaired) electrons. The number of carboxylic acid groups (broad SMARTS) is 1. The number of aliphatic carboxylic acids is 1. The van der Waals surface area contributed by atoms with Gasteiger partial charge in [-0.15, -0.1) is 0 Å². The Morgan fingerprint density at radius 2 is 1.54 bits per heavy atom. The predicted molar refractivity (Wildman–Crippen MR) is 165 cm³/mol. The molecule has 1 aliphatic rings. The standard InChI is InChI=1S/C30H39N3O5S.C2HF3O2/c1-6-33(19-25-11-9-24(10-12-25)18-32-13-7-8-14-32)30(34)26-17-28(38-21-26)20-31(4)39(35,36)29-22(2)15-27(37-5)16-23(29)3;3-2(4,5)1(6)7/h9-12,15-17,21H,6-8,13-14,18-20H2,1-5H3;(H,6,7). The second-order valence-electron chi connectivity index (χ2n) is 11.1. The molecule has 0 atom stereocenters. The average molecular weight is 668 g/mol. The van der Waals surface area contributed by atoms with Crippen molar-refractivity contribution >= 4 is 21.9 Å². The molecule has 1 amide bonds. The maximum absolute atomic E-state index is 13.4. The molecule has 1 N–H and O–H groups in total. The molecule has 0 spiro atoms. The van der Waals surface area contributed by atoms with E-state index in [0.717, 1.165) is 25.2 Å². The van der Waals surface area contributed by atoms with Gasteiger partial charge in [0, 0.05) is 26.7 Å². The molecular weight excluding hydrogens is 627 g/mol. The summed E-state index contributed by atoms with van der Waals surface area (Å²) in [5.74, 6) is -1.90. The fraction of sp³-hybridized carbons (Fsp3) is 0.438. The zero-order valence-electron chi connectivity index (χ0n) is 26.6. The molecule has 0 bridgehead atoms. The Hall–Kier alpha value is -3.88. The van der Waals surface area contributed by atoms with Crippen molar-refractivity contribution in [3.05, 3.63) is 82.3 Å². The van der Waals surface area contributed by atoms with Gasteiger partial charge in [-0.25, -0.2) is 13.2 Å². The van der Waals surface area contributed by atoms with E-state index in [0.29, 0.717) is 41.3 Å². The third-order valence-electron chi connectivity index (χ3n) is 7.53. The highest BCUT2D eigenvalue weighted by atomic mass is 32.2. The molecule has 14 heteroatoms. The predicted octanol–water partition coefficient (Wildman–Crippen LogP) is 5.62. The van der Waals surface area contributed by atoms with E-state index in [2.05, 4.69) is 29.2 Å². The third-order valence-corrected chi connectivity index (χ3v) is 9.64. The van der Waals surface area contributed by atoms with Crippen LogP contribution < -0.4 is 4.74 Å². The summed E-state index contributed by atoms with van der Waals surface area (Å²) in [4.78, 5) is 26.6. The molecule has 1 aliphatic heterocycles. The maximum Gasteiger partial charge on any atom is 0.490 e. The van der Waals surface area contributed by atoms with E-state index in [1.165, 1.54) is 36.0 Å². The lowest BCUT2D eigenvalue weighted by molar-refractivity contribution is -0.192. The first-order valence-electron chi connectivity index (χ1n) is 14.6. The molecule has 252 valence electrons. The highest BCUT2D eigenvalue weighted by Crippen LogP contribution is 2.29. The summed E-state index contributed by atoms with van der Waals surface area (Å²) in [7, 11) is -0.728. The number of aryl methyl sites for hydroxylation is 2. The number of carboxylic acids is 1. The largest absolute Gasteiger partial charge is 0.497 e. The van der Waals surface area contributed by atoms with Crippen molar-refractivity contribution in [2.45, 2.75) is 64.3 Å². The van der Waals surface area contributed by atoms with Crippen LogP contribution in [0.1, 0.15) is 58.1 Å². The molecule has 4 rings (SSSR count). The molecule has 0 aliphatic carbocycles. The van der Waals surface area contributed by atoms with Gasteiger partial charge in [0.2, 0.25) is 10.0 Å². The molecule has 3 aromatic rings. The van der Waals surface area contributed by atoms with Crippen molar-refractivity contribution in [1.29, 1.82) is 0 Å². The molecule has 0 unspecified atom stereocenters. The Labute approximate surface area is 267 Å². The summed E-state index contributed by atoms with van der Waals surface area (Å²) in [5, 5.41) is 7.12. The minimum Gasteiger partial charge on any atom is -0.497 e. The van der Waals surface area contributed by atoms with Crippen LogP contribution in [0, 0.1) is 13.8 Å². The first-order valence-corrected chi connectivity index (χ1v) is 16.1. The Kier molecular flexibility index (Phi) is 12.4. The van der Waals surface area contributed by atoms with Crippen molar-refractivity contribution in [3.8, 4) is 5.75 Å². The van der Waals surface area contributed by atoms with E-state index >= 15 is 0 Å². The first-order chi connectivity index (χ1) is 21.6. The van der Waals surface area contributed by atoms with Crippen molar-refractivity contribution in [2.75, 3.05) is 33.8 Å². The lowest BCUT2D eigenvalue weighted by Crippen LogP contribution is -2.30. The third kappa shape index (κ3) is 9.56. The fourth-order valence-corrected chi connectivity index (χ4v) is 6.69. The van der Waals surface area contributed by atoms with Crippen LogP contribution in [0.25, 0.3) is 0 Å². The average Bonchev–Trinajstić information content (AvgIpc) is 3.68. The molecule has 1 fully saturated rings. The number of halogens is 3. The molecule has 2 aromatic carbocycles. The number of carbonyl (C=O) groups excluding carboxylic acids is 1. The number of furan rings is 1. The number of rotatable bonds is 11. The number of hydrogen-bond donors (Lipinski definition) is 1. The van der Waals surface area contributed by atoms with Gasteiger partial charge in [-0.1, -0.05) is 24.3 Å². The lowest BCUT2D eigenvalue weighted by Gasteiger charge is -2.21. The van der Waals surface area contributed by atoms with Crippen LogP contribution in [0.2, 0.25) is 0 Å². The lowest BCUT2D eigenvalue weighted by atomic mass is 10.1. The Bertz CT molecular complexity index is 1580. The van der Waals surface area contributed by atoms with E-state index in [1.807, 2.05) is 6.92 Å². The van der Waals surface area contributed by atoms with Gasteiger partial charge in [0.05, 0.1) is 24.1 Å². The van der Waals surface area contributed by atoms with Gasteiger partial charge >= 0.3 is 12.1 Å². The number of amides is 1. The van der Waals surface area contributed by atoms with Crippen LogP contribution in [0.3, 0.4) is 0 Å². The minimum absolute atomic E-state index is 0.00509. The Morgan fingerprint density at radius 3 is 2.04 bits per heavy atom. The molecule has 1 saturated heterocycles. The van der Waals surface area contributed by atoms with Crippen LogP contribution in [-0.2, 0) is 34.5 Å². The molecule has 0 saturated carbocycles. The van der Waals surface area contributed by atoms with Gasteiger partial charge in [0.25, 0.3) is 5.91 Å². The second kappa shape index (κ2) is 15.6. The van der Waals surface area contributed by atoms with Gasteiger partial charge in [0.1, 0.15) is 17.8 Å². The molecule has 46 heavy (non-hydrogen) atoms. The number of nitrogens with zero attached hydrogens (tertiary/aromatic N) is 3. The van der Waals surface area contributed by atoms with Crippen LogP contribution >= 0.6 is 0 Å². The maximum atomic E-state index is 13.4.